The molecule has 0 aromatic carbocycles. The number of hydrogen-bond donors (Lipinski definition) is 1. The van der Waals surface area contributed by atoms with Crippen molar-refractivity contribution in [1.29, 1.82) is 0 Å². The molecule has 1 fully saturated rings. The van der Waals surface area contributed by atoms with Crippen molar-refractivity contribution in [3.8, 4) is 0 Å². The van der Waals surface area contributed by atoms with Crippen LogP contribution in [-0.4, -0.2) is 76.4 Å². The van der Waals surface area contributed by atoms with Crippen LogP contribution in [0.4, 0.5) is 0 Å². The molecule has 4 heteroatoms. The van der Waals surface area contributed by atoms with Gasteiger partial charge in [0.15, 0.2) is 0 Å². The molecule has 1 aliphatic rings. The lowest BCUT2D eigenvalue weighted by molar-refractivity contribution is 0.102. The van der Waals surface area contributed by atoms with E-state index in [2.05, 4.69) is 29.2 Å². The van der Waals surface area contributed by atoms with Gasteiger partial charge in [0.25, 0.3) is 0 Å². The Morgan fingerprint density at radius 1 is 1.56 bits per heavy atom. The number of nitrogens with zero attached hydrogens (tertiary/aromatic N) is 2. The van der Waals surface area contributed by atoms with Gasteiger partial charge in [0.05, 0.1) is 6.61 Å². The monoisotopic (exact) mass is 229 g/mol. The predicted octanol–water partition coefficient (Wildman–Crippen LogP) is 0.247. The second-order valence-electron chi connectivity index (χ2n) is 4.94. The number of rotatable bonds is 6. The minimum absolute atomic E-state index is 0.433. The number of likely N-dealkylation sites (tertiary alicyclic amines) is 1. The SMILES string of the molecule is CNC(COC)CN(C)C1CCCN(C)C1. The second-order valence-corrected chi connectivity index (χ2v) is 4.94. The third-order valence-electron chi connectivity index (χ3n) is 3.51. The normalized spacial score (nSPS) is 24.9. The van der Waals surface area contributed by atoms with Gasteiger partial charge in [-0.15, -0.1) is 0 Å². The van der Waals surface area contributed by atoms with Crippen LogP contribution < -0.4 is 5.32 Å². The van der Waals surface area contributed by atoms with Crippen molar-refractivity contribution >= 4 is 0 Å². The molecule has 96 valence electrons. The van der Waals surface area contributed by atoms with Crippen LogP contribution in [0.3, 0.4) is 0 Å². The van der Waals surface area contributed by atoms with E-state index in [-0.39, 0.29) is 0 Å². The van der Waals surface area contributed by atoms with Crippen molar-refractivity contribution in [1.82, 2.24) is 15.1 Å². The molecule has 0 bridgehead atoms. The fourth-order valence-corrected chi connectivity index (χ4v) is 2.42. The molecule has 0 aliphatic carbocycles. The smallest absolute Gasteiger partial charge is 0.0628 e. The third-order valence-corrected chi connectivity index (χ3v) is 3.51. The van der Waals surface area contributed by atoms with E-state index in [1.54, 1.807) is 7.11 Å². The van der Waals surface area contributed by atoms with E-state index >= 15 is 0 Å². The molecule has 4 nitrogen and oxygen atoms in total. The number of methoxy groups -OCH3 is 1. The molecule has 1 rings (SSSR count). The van der Waals surface area contributed by atoms with E-state index in [1.807, 2.05) is 7.05 Å². The van der Waals surface area contributed by atoms with E-state index in [0.29, 0.717) is 12.1 Å². The zero-order valence-corrected chi connectivity index (χ0v) is 11.2. The molecule has 0 aromatic heterocycles. The molecule has 1 aliphatic heterocycles. The van der Waals surface area contributed by atoms with Crippen LogP contribution in [0.1, 0.15) is 12.8 Å². The summed E-state index contributed by atoms with van der Waals surface area (Å²) in [6.07, 6.45) is 2.64. The summed E-state index contributed by atoms with van der Waals surface area (Å²) in [5, 5.41) is 3.30. The van der Waals surface area contributed by atoms with Gasteiger partial charge in [0, 0.05) is 32.3 Å². The maximum absolute atomic E-state index is 5.20. The number of likely N-dealkylation sites (N-methyl/N-ethyl adjacent to an activating group) is 3. The fourth-order valence-electron chi connectivity index (χ4n) is 2.42. The molecule has 0 amide bonds. The van der Waals surface area contributed by atoms with Gasteiger partial charge in [-0.2, -0.15) is 0 Å². The van der Waals surface area contributed by atoms with Crippen molar-refractivity contribution in [3.63, 3.8) is 0 Å². The Balaban J connectivity index is 2.34. The van der Waals surface area contributed by atoms with E-state index < -0.39 is 0 Å². The van der Waals surface area contributed by atoms with Crippen LogP contribution in [0.5, 0.6) is 0 Å². The molecule has 1 N–H and O–H groups in total. The molecular formula is C12H27N3O. The van der Waals surface area contributed by atoms with Crippen molar-refractivity contribution in [2.24, 2.45) is 0 Å². The maximum atomic E-state index is 5.20. The van der Waals surface area contributed by atoms with E-state index in [4.69, 9.17) is 4.74 Å². The largest absolute Gasteiger partial charge is 0.383 e. The number of piperidine rings is 1. The summed E-state index contributed by atoms with van der Waals surface area (Å²) in [6.45, 7) is 4.28. The molecule has 2 unspecified atom stereocenters. The van der Waals surface area contributed by atoms with Gasteiger partial charge in [0.1, 0.15) is 0 Å². The average Bonchev–Trinajstić information content (AvgIpc) is 2.28. The van der Waals surface area contributed by atoms with Crippen LogP contribution in [0.25, 0.3) is 0 Å². The lowest BCUT2D eigenvalue weighted by Crippen LogP contribution is -2.50. The second kappa shape index (κ2) is 7.22. The molecule has 2 atom stereocenters. The van der Waals surface area contributed by atoms with E-state index in [1.165, 1.54) is 25.9 Å². The Hall–Kier alpha value is -0.160. The van der Waals surface area contributed by atoms with Gasteiger partial charge in [-0.05, 0) is 40.5 Å². The minimum atomic E-state index is 0.433. The summed E-state index contributed by atoms with van der Waals surface area (Å²) in [4.78, 5) is 4.89. The van der Waals surface area contributed by atoms with Crippen LogP contribution in [-0.2, 0) is 4.74 Å². The highest BCUT2D eigenvalue weighted by Gasteiger charge is 2.22. The van der Waals surface area contributed by atoms with E-state index in [9.17, 15) is 0 Å². The molecule has 16 heavy (non-hydrogen) atoms. The zero-order valence-electron chi connectivity index (χ0n) is 11.2. The quantitative estimate of drug-likeness (QED) is 0.706. The average molecular weight is 229 g/mol. The summed E-state index contributed by atoms with van der Waals surface area (Å²) in [5.74, 6) is 0. The van der Waals surface area contributed by atoms with Gasteiger partial charge in [-0.1, -0.05) is 0 Å². The predicted molar refractivity (Wildman–Crippen MR) is 67.9 cm³/mol. The minimum Gasteiger partial charge on any atom is -0.383 e. The molecular weight excluding hydrogens is 202 g/mol. The van der Waals surface area contributed by atoms with Crippen LogP contribution in [0.15, 0.2) is 0 Å². The van der Waals surface area contributed by atoms with Crippen molar-refractivity contribution in [2.45, 2.75) is 24.9 Å². The number of nitrogens with one attached hydrogen (secondary N) is 1. The summed E-state index contributed by atoms with van der Waals surface area (Å²) in [5.41, 5.74) is 0. The Morgan fingerprint density at radius 2 is 2.31 bits per heavy atom. The topological polar surface area (TPSA) is 27.7 Å². The number of hydrogen-bond acceptors (Lipinski definition) is 4. The van der Waals surface area contributed by atoms with Gasteiger partial charge in [0.2, 0.25) is 0 Å². The van der Waals surface area contributed by atoms with Gasteiger partial charge in [-0.3, -0.25) is 0 Å². The standard InChI is InChI=1S/C12H27N3O/c1-13-11(10-16-4)8-15(3)12-6-5-7-14(2)9-12/h11-13H,5-10H2,1-4H3. The molecule has 0 spiro atoms. The summed E-state index contributed by atoms with van der Waals surface area (Å²) in [7, 11) is 8.21. The highest BCUT2D eigenvalue weighted by molar-refractivity contribution is 4.80. The molecule has 1 heterocycles. The first-order valence-corrected chi connectivity index (χ1v) is 6.22. The first kappa shape index (κ1) is 13.9. The first-order valence-electron chi connectivity index (χ1n) is 6.22. The van der Waals surface area contributed by atoms with E-state index in [0.717, 1.165) is 13.2 Å². The lowest BCUT2D eigenvalue weighted by Gasteiger charge is -2.37. The fraction of sp³-hybridized carbons (Fsp3) is 1.00. The maximum Gasteiger partial charge on any atom is 0.0628 e. The zero-order chi connectivity index (χ0) is 12.0. The Morgan fingerprint density at radius 3 is 2.88 bits per heavy atom. The van der Waals surface area contributed by atoms with Crippen molar-refractivity contribution in [3.05, 3.63) is 0 Å². The van der Waals surface area contributed by atoms with Crippen molar-refractivity contribution < 1.29 is 4.74 Å². The van der Waals surface area contributed by atoms with Gasteiger partial charge < -0.3 is 19.9 Å². The Kier molecular flexibility index (Phi) is 6.28. The van der Waals surface area contributed by atoms with Crippen LogP contribution >= 0.6 is 0 Å². The highest BCUT2D eigenvalue weighted by atomic mass is 16.5. The Bertz CT molecular complexity index is 189. The van der Waals surface area contributed by atoms with Gasteiger partial charge in [-0.25, -0.2) is 0 Å². The summed E-state index contributed by atoms with van der Waals surface area (Å²) >= 11 is 0. The highest BCUT2D eigenvalue weighted by Crippen LogP contribution is 2.13. The lowest BCUT2D eigenvalue weighted by atomic mass is 10.0. The molecule has 0 aromatic rings. The molecule has 1 saturated heterocycles. The van der Waals surface area contributed by atoms with Crippen LogP contribution in [0, 0.1) is 0 Å². The first-order chi connectivity index (χ1) is 7.67. The third kappa shape index (κ3) is 4.37. The summed E-state index contributed by atoms with van der Waals surface area (Å²) < 4.78 is 5.20. The van der Waals surface area contributed by atoms with Crippen molar-refractivity contribution in [2.75, 3.05) is 54.5 Å². The van der Waals surface area contributed by atoms with Gasteiger partial charge >= 0.3 is 0 Å². The Labute approximate surface area is 99.9 Å². The molecule has 0 saturated carbocycles. The van der Waals surface area contributed by atoms with Crippen LogP contribution in [0.2, 0.25) is 0 Å². The number of ether oxygens (including phenoxy) is 1. The molecule has 0 radical (unpaired) electrons. The summed E-state index contributed by atoms with van der Waals surface area (Å²) in [6, 6.07) is 1.13.